The zero-order valence-corrected chi connectivity index (χ0v) is 16.1. The highest BCUT2D eigenvalue weighted by Gasteiger charge is 2.46. The molecule has 1 amide bonds. The normalized spacial score (nSPS) is 18.2. The van der Waals surface area contributed by atoms with Gasteiger partial charge in [0, 0.05) is 16.9 Å². The van der Waals surface area contributed by atoms with Gasteiger partial charge in [-0.25, -0.2) is 8.42 Å². The number of hydrogen-bond donors (Lipinski definition) is 0. The van der Waals surface area contributed by atoms with Crippen LogP contribution in [-0.2, 0) is 14.6 Å². The predicted molar refractivity (Wildman–Crippen MR) is 106 cm³/mol. The molecule has 1 aromatic heterocycles. The third-order valence-corrected chi connectivity index (χ3v) is 6.31. The molecule has 0 N–H and O–H groups in total. The molecule has 3 aromatic rings. The van der Waals surface area contributed by atoms with Gasteiger partial charge in [-0.15, -0.1) is 0 Å². The number of pyridine rings is 1. The van der Waals surface area contributed by atoms with Crippen LogP contribution in [0, 0.1) is 0 Å². The molecule has 0 bridgehead atoms. The summed E-state index contributed by atoms with van der Waals surface area (Å²) < 4.78 is 30.8. The van der Waals surface area contributed by atoms with E-state index < -0.39 is 26.9 Å². The van der Waals surface area contributed by atoms with Gasteiger partial charge in [0.1, 0.15) is 17.3 Å². The highest BCUT2D eigenvalue weighted by atomic mass is 35.5. The molecule has 2 aromatic carbocycles. The van der Waals surface area contributed by atoms with E-state index in [0.29, 0.717) is 27.9 Å². The Labute approximate surface area is 167 Å². The highest BCUT2D eigenvalue weighted by molar-refractivity contribution is 7.93. The molecule has 0 spiro atoms. The maximum atomic E-state index is 12.6. The van der Waals surface area contributed by atoms with E-state index in [1.54, 1.807) is 66.7 Å². The fraction of sp³-hybridized carbons (Fsp3) is 0.100. The van der Waals surface area contributed by atoms with Crippen LogP contribution in [0.4, 0.5) is 5.69 Å². The van der Waals surface area contributed by atoms with Crippen LogP contribution in [-0.4, -0.2) is 25.1 Å². The Balaban J connectivity index is 1.63. The van der Waals surface area contributed by atoms with Crippen molar-refractivity contribution < 1.29 is 17.9 Å². The van der Waals surface area contributed by atoms with Gasteiger partial charge in [-0.05, 0) is 60.7 Å². The van der Waals surface area contributed by atoms with Gasteiger partial charge < -0.3 is 4.74 Å². The SMILES string of the molecule is O=C1CS(=O)(=O)C(c2ccccn2)N1c1ccc(Oc2ccc(Cl)cc2)cc1. The van der Waals surface area contributed by atoms with Crippen molar-refractivity contribution in [3.05, 3.63) is 83.6 Å². The van der Waals surface area contributed by atoms with Crippen LogP contribution >= 0.6 is 11.6 Å². The van der Waals surface area contributed by atoms with Crippen LogP contribution in [0.2, 0.25) is 5.02 Å². The van der Waals surface area contributed by atoms with Crippen LogP contribution < -0.4 is 9.64 Å². The fourth-order valence-electron chi connectivity index (χ4n) is 3.04. The van der Waals surface area contributed by atoms with Crippen molar-refractivity contribution in [2.45, 2.75) is 5.37 Å². The van der Waals surface area contributed by atoms with E-state index in [0.717, 1.165) is 0 Å². The van der Waals surface area contributed by atoms with Crippen LogP contribution in [0.1, 0.15) is 11.1 Å². The first-order valence-corrected chi connectivity index (χ1v) is 10.5. The van der Waals surface area contributed by atoms with Gasteiger partial charge in [-0.3, -0.25) is 14.7 Å². The Bertz CT molecular complexity index is 1100. The third kappa shape index (κ3) is 3.58. The number of carbonyl (C=O) groups is 1. The van der Waals surface area contributed by atoms with E-state index in [1.165, 1.54) is 11.1 Å². The van der Waals surface area contributed by atoms with E-state index in [-0.39, 0.29) is 0 Å². The first kappa shape index (κ1) is 18.5. The van der Waals surface area contributed by atoms with Crippen molar-refractivity contribution in [1.82, 2.24) is 4.98 Å². The lowest BCUT2D eigenvalue weighted by molar-refractivity contribution is -0.115. The second-order valence-electron chi connectivity index (χ2n) is 6.23. The number of amides is 1. The molecule has 1 saturated heterocycles. The number of ether oxygens (including phenoxy) is 1. The summed E-state index contributed by atoms with van der Waals surface area (Å²) in [5.74, 6) is 0.136. The molecule has 28 heavy (non-hydrogen) atoms. The van der Waals surface area contributed by atoms with Crippen LogP contribution in [0.25, 0.3) is 0 Å². The number of hydrogen-bond acceptors (Lipinski definition) is 5. The molecule has 0 radical (unpaired) electrons. The summed E-state index contributed by atoms with van der Waals surface area (Å²) in [7, 11) is -3.68. The zero-order chi connectivity index (χ0) is 19.7. The fourth-order valence-corrected chi connectivity index (χ4v) is 4.88. The van der Waals surface area contributed by atoms with Gasteiger partial charge in [0.15, 0.2) is 15.2 Å². The number of anilines is 1. The maximum absolute atomic E-state index is 12.6. The second kappa shape index (κ2) is 7.26. The summed E-state index contributed by atoms with van der Waals surface area (Å²) in [6, 6.07) is 18.6. The Kier molecular flexibility index (Phi) is 4.78. The molecule has 4 rings (SSSR count). The summed E-state index contributed by atoms with van der Waals surface area (Å²) in [5, 5.41) is -0.527. The van der Waals surface area contributed by atoms with E-state index in [1.807, 2.05) is 0 Å². The largest absolute Gasteiger partial charge is 0.457 e. The first-order chi connectivity index (χ1) is 13.4. The molecule has 1 atom stereocenters. The molecule has 0 aliphatic carbocycles. The number of carbonyl (C=O) groups excluding carboxylic acids is 1. The average molecular weight is 415 g/mol. The lowest BCUT2D eigenvalue weighted by Gasteiger charge is -2.23. The monoisotopic (exact) mass is 414 g/mol. The molecular weight excluding hydrogens is 400 g/mol. The summed E-state index contributed by atoms with van der Waals surface area (Å²) >= 11 is 5.86. The van der Waals surface area contributed by atoms with Crippen molar-refractivity contribution in [2.75, 3.05) is 10.7 Å². The first-order valence-electron chi connectivity index (χ1n) is 8.42. The minimum Gasteiger partial charge on any atom is -0.457 e. The van der Waals surface area contributed by atoms with Crippen molar-refractivity contribution in [3.8, 4) is 11.5 Å². The molecule has 1 unspecified atom stereocenters. The molecule has 2 heterocycles. The Morgan fingerprint density at radius 1 is 0.964 bits per heavy atom. The van der Waals surface area contributed by atoms with Gasteiger partial charge in [0.25, 0.3) is 0 Å². The quantitative estimate of drug-likeness (QED) is 0.645. The topological polar surface area (TPSA) is 76.6 Å². The van der Waals surface area contributed by atoms with Gasteiger partial charge in [-0.1, -0.05) is 17.7 Å². The predicted octanol–water partition coefficient (Wildman–Crippen LogP) is 3.99. The molecule has 6 nitrogen and oxygen atoms in total. The van der Waals surface area contributed by atoms with Crippen molar-refractivity contribution >= 4 is 33.0 Å². The molecular formula is C20H15ClN2O4S. The lowest BCUT2D eigenvalue weighted by atomic mass is 10.2. The smallest absolute Gasteiger partial charge is 0.243 e. The Morgan fingerprint density at radius 2 is 1.61 bits per heavy atom. The third-order valence-electron chi connectivity index (χ3n) is 4.27. The second-order valence-corrected chi connectivity index (χ2v) is 8.73. The summed E-state index contributed by atoms with van der Waals surface area (Å²) in [6.07, 6.45) is 1.51. The Hall–Kier alpha value is -2.90. The molecule has 142 valence electrons. The lowest BCUT2D eigenvalue weighted by Crippen LogP contribution is -2.29. The van der Waals surface area contributed by atoms with Crippen molar-refractivity contribution in [3.63, 3.8) is 0 Å². The number of halogens is 1. The minimum absolute atomic E-state index is 0.315. The minimum atomic E-state index is -3.68. The van der Waals surface area contributed by atoms with E-state index >= 15 is 0 Å². The number of aromatic nitrogens is 1. The van der Waals surface area contributed by atoms with Crippen molar-refractivity contribution in [2.24, 2.45) is 0 Å². The zero-order valence-electron chi connectivity index (χ0n) is 14.5. The molecule has 0 saturated carbocycles. The Morgan fingerprint density at radius 3 is 2.21 bits per heavy atom. The van der Waals surface area contributed by atoms with Gasteiger partial charge >= 0.3 is 0 Å². The van der Waals surface area contributed by atoms with Gasteiger partial charge in [-0.2, -0.15) is 0 Å². The summed E-state index contributed by atoms with van der Waals surface area (Å²) in [6.45, 7) is 0. The molecule has 1 aliphatic heterocycles. The number of sulfone groups is 1. The number of nitrogens with zero attached hydrogens (tertiary/aromatic N) is 2. The standard InChI is InChI=1S/C20H15ClN2O4S/c21-14-4-8-16(9-5-14)27-17-10-6-15(7-11-17)23-19(24)13-28(25,26)20(23)18-3-1-2-12-22-18/h1-12,20H,13H2. The van der Waals surface area contributed by atoms with Crippen LogP contribution in [0.15, 0.2) is 72.9 Å². The highest BCUT2D eigenvalue weighted by Crippen LogP contribution is 2.37. The number of benzene rings is 2. The molecule has 1 aliphatic rings. The van der Waals surface area contributed by atoms with Gasteiger partial charge in [0.05, 0.1) is 5.69 Å². The average Bonchev–Trinajstić information content (AvgIpc) is 2.93. The van der Waals surface area contributed by atoms with E-state index in [2.05, 4.69) is 4.98 Å². The molecule has 1 fully saturated rings. The number of rotatable bonds is 4. The van der Waals surface area contributed by atoms with E-state index in [4.69, 9.17) is 16.3 Å². The van der Waals surface area contributed by atoms with Crippen LogP contribution in [0.3, 0.4) is 0 Å². The molecule has 8 heteroatoms. The summed E-state index contributed by atoms with van der Waals surface area (Å²) in [5.41, 5.74) is 0.778. The van der Waals surface area contributed by atoms with E-state index in [9.17, 15) is 13.2 Å². The van der Waals surface area contributed by atoms with Crippen LogP contribution in [0.5, 0.6) is 11.5 Å². The van der Waals surface area contributed by atoms with Gasteiger partial charge in [0.2, 0.25) is 5.91 Å². The maximum Gasteiger partial charge on any atom is 0.243 e. The van der Waals surface area contributed by atoms with Crippen molar-refractivity contribution in [1.29, 1.82) is 0 Å². The summed E-state index contributed by atoms with van der Waals surface area (Å²) in [4.78, 5) is 17.9.